The quantitative estimate of drug-likeness (QED) is 0.492. The normalized spacial score (nSPS) is 17.7. The molecule has 0 bridgehead atoms. The third-order valence-electron chi connectivity index (χ3n) is 3.06. The van der Waals surface area contributed by atoms with E-state index in [1.165, 1.54) is 0 Å². The molecule has 2 N–H and O–H groups in total. The van der Waals surface area contributed by atoms with Crippen molar-refractivity contribution in [3.05, 3.63) is 21.6 Å². The summed E-state index contributed by atoms with van der Waals surface area (Å²) < 4.78 is 0. The molecule has 1 fully saturated rings. The van der Waals surface area contributed by atoms with Gasteiger partial charge in [0.05, 0.1) is 10.5 Å². The monoisotopic (exact) mass is 272 g/mol. The summed E-state index contributed by atoms with van der Waals surface area (Å²) in [6.45, 7) is 0.223. The topological polar surface area (TPSA) is 101 Å². The average Bonchev–Trinajstić information content (AvgIpc) is 2.74. The van der Waals surface area contributed by atoms with Gasteiger partial charge in [0.2, 0.25) is 11.1 Å². The average molecular weight is 273 g/mol. The summed E-state index contributed by atoms with van der Waals surface area (Å²) in [6.07, 6.45) is 4.35. The fourth-order valence-electron chi connectivity index (χ4n) is 2.08. The molecule has 0 unspecified atom stereocenters. The summed E-state index contributed by atoms with van der Waals surface area (Å²) in [5.74, 6) is 0.0420. The van der Waals surface area contributed by atoms with Gasteiger partial charge < -0.3 is 10.4 Å². The van der Waals surface area contributed by atoms with Gasteiger partial charge in [0, 0.05) is 6.54 Å². The van der Waals surface area contributed by atoms with Gasteiger partial charge in [-0.25, -0.2) is 4.98 Å². The largest absolute Gasteiger partial charge is 0.388 e. The second kappa shape index (κ2) is 5.03. The smallest absolute Gasteiger partial charge is 0.329 e. The summed E-state index contributed by atoms with van der Waals surface area (Å²) in [6, 6.07) is 0. The fourth-order valence-corrected chi connectivity index (χ4v) is 2.21. The summed E-state index contributed by atoms with van der Waals surface area (Å²) in [5, 5.41) is 23.7. The van der Waals surface area contributed by atoms with E-state index >= 15 is 0 Å². The molecule has 1 aromatic rings. The van der Waals surface area contributed by atoms with Crippen molar-refractivity contribution < 1.29 is 10.0 Å². The van der Waals surface area contributed by atoms with Gasteiger partial charge in [-0.15, -0.1) is 0 Å². The Morgan fingerprint density at radius 1 is 1.56 bits per heavy atom. The highest BCUT2D eigenvalue weighted by Crippen LogP contribution is 2.30. The maximum atomic E-state index is 10.8. The molecular formula is C10H13ClN4O3. The van der Waals surface area contributed by atoms with E-state index in [-0.39, 0.29) is 23.3 Å². The zero-order valence-corrected chi connectivity index (χ0v) is 10.4. The molecule has 7 nitrogen and oxygen atoms in total. The molecule has 1 saturated carbocycles. The fraction of sp³-hybridized carbons (Fsp3) is 0.600. The predicted molar refractivity (Wildman–Crippen MR) is 65.6 cm³/mol. The van der Waals surface area contributed by atoms with Crippen molar-refractivity contribution in [2.75, 3.05) is 11.9 Å². The number of aliphatic hydroxyl groups is 1. The van der Waals surface area contributed by atoms with Crippen LogP contribution < -0.4 is 5.32 Å². The van der Waals surface area contributed by atoms with E-state index < -0.39 is 10.5 Å². The number of nitrogens with one attached hydrogen (secondary N) is 1. The number of nitrogens with zero attached hydrogens (tertiary/aromatic N) is 3. The van der Waals surface area contributed by atoms with Crippen molar-refractivity contribution in [1.82, 2.24) is 9.97 Å². The first-order valence-corrected chi connectivity index (χ1v) is 6.01. The van der Waals surface area contributed by atoms with Crippen LogP contribution in [0, 0.1) is 10.1 Å². The van der Waals surface area contributed by atoms with Crippen molar-refractivity contribution in [2.45, 2.75) is 31.3 Å². The van der Waals surface area contributed by atoms with Gasteiger partial charge in [0.1, 0.15) is 6.20 Å². The number of aromatic nitrogens is 2. The summed E-state index contributed by atoms with van der Waals surface area (Å²) in [7, 11) is 0. The van der Waals surface area contributed by atoms with Crippen LogP contribution in [-0.2, 0) is 0 Å². The molecule has 0 aliphatic heterocycles. The van der Waals surface area contributed by atoms with E-state index in [4.69, 9.17) is 11.6 Å². The molecule has 0 aromatic carbocycles. The van der Waals surface area contributed by atoms with Crippen LogP contribution in [0.4, 0.5) is 11.5 Å². The lowest BCUT2D eigenvalue weighted by molar-refractivity contribution is -0.384. The molecule has 0 amide bonds. The minimum absolute atomic E-state index is 0.0420. The Bertz CT molecular complexity index is 462. The Morgan fingerprint density at radius 2 is 2.22 bits per heavy atom. The van der Waals surface area contributed by atoms with Crippen LogP contribution in [0.2, 0.25) is 5.28 Å². The molecule has 0 spiro atoms. The van der Waals surface area contributed by atoms with Gasteiger partial charge in [0.25, 0.3) is 0 Å². The highest BCUT2D eigenvalue weighted by Gasteiger charge is 2.31. The van der Waals surface area contributed by atoms with Gasteiger partial charge in [-0.2, -0.15) is 4.98 Å². The van der Waals surface area contributed by atoms with E-state index in [1.807, 2.05) is 0 Å². The van der Waals surface area contributed by atoms with Crippen LogP contribution in [0.5, 0.6) is 0 Å². The van der Waals surface area contributed by atoms with Crippen LogP contribution in [0.15, 0.2) is 6.20 Å². The minimum Gasteiger partial charge on any atom is -0.388 e. The molecule has 1 aliphatic carbocycles. The summed E-state index contributed by atoms with van der Waals surface area (Å²) >= 11 is 5.60. The van der Waals surface area contributed by atoms with Gasteiger partial charge in [0.15, 0.2) is 0 Å². The number of halogens is 1. The van der Waals surface area contributed by atoms with Crippen molar-refractivity contribution in [3.8, 4) is 0 Å². The lowest BCUT2D eigenvalue weighted by atomic mass is 10.0. The van der Waals surface area contributed by atoms with Crippen molar-refractivity contribution >= 4 is 23.1 Å². The first-order chi connectivity index (χ1) is 8.50. The minimum atomic E-state index is -0.814. The van der Waals surface area contributed by atoms with Gasteiger partial charge in [-0.3, -0.25) is 10.1 Å². The van der Waals surface area contributed by atoms with Gasteiger partial charge in [-0.05, 0) is 24.4 Å². The second-order valence-electron chi connectivity index (χ2n) is 4.41. The molecule has 8 heteroatoms. The van der Waals surface area contributed by atoms with Gasteiger partial charge >= 0.3 is 5.69 Å². The standard InChI is InChI=1S/C10H13ClN4O3/c11-9-12-5-7(15(17)18)8(14-9)13-6-10(16)3-1-2-4-10/h5,16H,1-4,6H2,(H,12,13,14). The lowest BCUT2D eigenvalue weighted by Gasteiger charge is -2.22. The van der Waals surface area contributed by atoms with E-state index in [0.29, 0.717) is 12.8 Å². The molecule has 1 aromatic heterocycles. The number of hydrogen-bond acceptors (Lipinski definition) is 6. The molecule has 18 heavy (non-hydrogen) atoms. The zero-order chi connectivity index (χ0) is 13.2. The number of nitro groups is 1. The molecule has 0 atom stereocenters. The van der Waals surface area contributed by atoms with Crippen LogP contribution >= 0.6 is 11.6 Å². The number of rotatable bonds is 4. The highest BCUT2D eigenvalue weighted by atomic mass is 35.5. The number of anilines is 1. The third-order valence-corrected chi connectivity index (χ3v) is 3.24. The van der Waals surface area contributed by atoms with E-state index in [0.717, 1.165) is 19.0 Å². The molecule has 0 saturated heterocycles. The maximum Gasteiger partial charge on any atom is 0.329 e. The Kier molecular flexibility index (Phi) is 3.63. The van der Waals surface area contributed by atoms with Crippen LogP contribution in [0.25, 0.3) is 0 Å². The first kappa shape index (κ1) is 13.0. The summed E-state index contributed by atoms with van der Waals surface area (Å²) in [4.78, 5) is 17.5. The molecule has 0 radical (unpaired) electrons. The Hall–Kier alpha value is -1.47. The first-order valence-electron chi connectivity index (χ1n) is 5.63. The molecular weight excluding hydrogens is 260 g/mol. The van der Waals surface area contributed by atoms with Crippen molar-refractivity contribution in [2.24, 2.45) is 0 Å². The van der Waals surface area contributed by atoms with E-state index in [9.17, 15) is 15.2 Å². The number of hydrogen-bond donors (Lipinski definition) is 2. The molecule has 98 valence electrons. The van der Waals surface area contributed by atoms with Crippen molar-refractivity contribution in [3.63, 3.8) is 0 Å². The Labute approximate surface area is 108 Å². The van der Waals surface area contributed by atoms with Crippen LogP contribution in [-0.4, -0.2) is 32.1 Å². The SMILES string of the molecule is O=[N+]([O-])c1cnc(Cl)nc1NCC1(O)CCCC1. The van der Waals surface area contributed by atoms with E-state index in [2.05, 4.69) is 15.3 Å². The lowest BCUT2D eigenvalue weighted by Crippen LogP contribution is -2.33. The second-order valence-corrected chi connectivity index (χ2v) is 4.75. The van der Waals surface area contributed by atoms with Crippen molar-refractivity contribution in [1.29, 1.82) is 0 Å². The Balaban J connectivity index is 2.12. The van der Waals surface area contributed by atoms with Gasteiger partial charge in [-0.1, -0.05) is 12.8 Å². The van der Waals surface area contributed by atoms with Crippen LogP contribution in [0.1, 0.15) is 25.7 Å². The third kappa shape index (κ3) is 2.85. The van der Waals surface area contributed by atoms with E-state index in [1.54, 1.807) is 0 Å². The molecule has 1 aliphatic rings. The maximum absolute atomic E-state index is 10.8. The Morgan fingerprint density at radius 3 is 2.83 bits per heavy atom. The summed E-state index contributed by atoms with van der Waals surface area (Å²) in [5.41, 5.74) is -1.06. The van der Waals surface area contributed by atoms with Crippen LogP contribution in [0.3, 0.4) is 0 Å². The predicted octanol–water partition coefficient (Wildman–Crippen LogP) is 1.76. The highest BCUT2D eigenvalue weighted by molar-refractivity contribution is 6.28. The molecule has 1 heterocycles. The zero-order valence-electron chi connectivity index (χ0n) is 9.60. The molecule has 2 rings (SSSR count).